The summed E-state index contributed by atoms with van der Waals surface area (Å²) in [7, 11) is 3.17. The van der Waals surface area contributed by atoms with Crippen LogP contribution in [0.4, 0.5) is 0 Å². The number of hydrogen-bond acceptors (Lipinski definition) is 9. The van der Waals surface area contributed by atoms with E-state index in [1.165, 1.54) is 0 Å². The minimum atomic E-state index is -0.175. The largest absolute Gasteiger partial charge is 0.480 e. The molecular formula is C34H37Cl2N7O3. The number of methoxy groups -OCH3 is 2. The van der Waals surface area contributed by atoms with Crippen LogP contribution in [0.2, 0.25) is 10.0 Å². The van der Waals surface area contributed by atoms with Gasteiger partial charge in [0, 0.05) is 59.9 Å². The number of carbonyl (C=O) groups excluding carboxylic acids is 1. The first-order chi connectivity index (χ1) is 22.2. The van der Waals surface area contributed by atoms with Crippen LogP contribution in [0.1, 0.15) is 44.0 Å². The molecule has 0 spiro atoms. The van der Waals surface area contributed by atoms with E-state index in [4.69, 9.17) is 48.4 Å². The maximum absolute atomic E-state index is 11.5. The highest BCUT2D eigenvalue weighted by atomic mass is 35.5. The Morgan fingerprint density at radius 3 is 1.98 bits per heavy atom. The second-order valence-electron chi connectivity index (χ2n) is 12.3. The van der Waals surface area contributed by atoms with E-state index in [9.17, 15) is 4.79 Å². The molecule has 0 unspecified atom stereocenters. The number of benzene rings is 2. The Morgan fingerprint density at radius 1 is 0.913 bits per heavy atom. The quantitative estimate of drug-likeness (QED) is 0.207. The highest BCUT2D eigenvalue weighted by molar-refractivity contribution is 6.39. The molecular weight excluding hydrogens is 625 g/mol. The van der Waals surface area contributed by atoms with E-state index in [1.807, 2.05) is 43.3 Å². The molecule has 1 atom stereocenters. The summed E-state index contributed by atoms with van der Waals surface area (Å²) in [5, 5.41) is 3.99. The fraction of sp³-hybridized carbons (Fsp3) is 0.382. The summed E-state index contributed by atoms with van der Waals surface area (Å²) in [5.74, 6) is 1.03. The van der Waals surface area contributed by atoms with Gasteiger partial charge >= 0.3 is 0 Å². The van der Waals surface area contributed by atoms with Gasteiger partial charge in [0.2, 0.25) is 17.7 Å². The first-order valence-corrected chi connectivity index (χ1v) is 16.1. The normalized spacial score (nSPS) is 17.4. The van der Waals surface area contributed by atoms with Crippen molar-refractivity contribution >= 4 is 29.1 Å². The Bertz CT molecular complexity index is 1760. The molecule has 6 rings (SSSR count). The summed E-state index contributed by atoms with van der Waals surface area (Å²) in [4.78, 5) is 32.6. The van der Waals surface area contributed by atoms with Gasteiger partial charge < -0.3 is 20.5 Å². The van der Waals surface area contributed by atoms with Crippen LogP contribution in [-0.4, -0.2) is 69.6 Å². The summed E-state index contributed by atoms with van der Waals surface area (Å²) in [6, 6.07) is 11.7. The standard InChI is InChI=1S/C34H37Cl2N7O3/c1-34(37)18-43(19-34)17-28-33(46-3)42-27(16-39-28)24-11-6-9-22(31(24)36)21-8-5-10-23(30(21)35)26-15-38-25(32(41-26)45-2)12-4-7-20-13-14-29(44)40-20/h5-6,8-11,15-16,20H,4,7,12-14,17-19,37H2,1-3H3,(H,40,44)/t20-/m1/s1. The van der Waals surface area contributed by atoms with Gasteiger partial charge in [0.05, 0.1) is 48.0 Å². The van der Waals surface area contributed by atoms with Crippen LogP contribution in [0, 0.1) is 0 Å². The van der Waals surface area contributed by atoms with Gasteiger partial charge in [0.15, 0.2) is 0 Å². The lowest BCUT2D eigenvalue weighted by Crippen LogP contribution is -2.64. The Kier molecular flexibility index (Phi) is 9.42. The summed E-state index contributed by atoms with van der Waals surface area (Å²) < 4.78 is 11.2. The second-order valence-corrected chi connectivity index (χ2v) is 13.0. The molecule has 2 aliphatic heterocycles. The van der Waals surface area contributed by atoms with E-state index in [0.29, 0.717) is 63.7 Å². The summed E-state index contributed by atoms with van der Waals surface area (Å²) in [6.45, 7) is 4.22. The first-order valence-electron chi connectivity index (χ1n) is 15.3. The predicted molar refractivity (Wildman–Crippen MR) is 179 cm³/mol. The third-order valence-corrected chi connectivity index (χ3v) is 9.26. The lowest BCUT2D eigenvalue weighted by atomic mass is 9.94. The number of halogens is 2. The number of aryl methyl sites for hydroxylation is 1. The van der Waals surface area contributed by atoms with E-state index in [2.05, 4.69) is 20.2 Å². The molecule has 0 saturated carbocycles. The maximum Gasteiger partial charge on any atom is 0.237 e. The van der Waals surface area contributed by atoms with Gasteiger partial charge in [-0.2, -0.15) is 0 Å². The number of ether oxygens (including phenoxy) is 2. The molecule has 2 saturated heterocycles. The van der Waals surface area contributed by atoms with Crippen LogP contribution < -0.4 is 20.5 Å². The van der Waals surface area contributed by atoms with Crippen molar-refractivity contribution in [3.05, 3.63) is 70.2 Å². The smallest absolute Gasteiger partial charge is 0.237 e. The Hall–Kier alpha value is -3.83. The van der Waals surface area contributed by atoms with Crippen molar-refractivity contribution in [2.75, 3.05) is 27.3 Å². The van der Waals surface area contributed by atoms with Crippen molar-refractivity contribution in [2.45, 2.75) is 57.2 Å². The SMILES string of the molecule is COc1nc(-c2cccc(-c3cccc(-c4cnc(CN5CC(C)(N)C5)c(OC)n4)c3Cl)c2Cl)cnc1CCC[C@@H]1CCC(=O)N1. The number of aromatic nitrogens is 4. The molecule has 12 heteroatoms. The number of nitrogens with two attached hydrogens (primary N) is 1. The molecule has 2 fully saturated rings. The number of nitrogens with one attached hydrogen (secondary N) is 1. The second kappa shape index (κ2) is 13.5. The molecule has 2 aromatic carbocycles. The van der Waals surface area contributed by atoms with Crippen molar-refractivity contribution in [2.24, 2.45) is 5.73 Å². The Morgan fingerprint density at radius 2 is 1.46 bits per heavy atom. The molecule has 2 aliphatic rings. The predicted octanol–water partition coefficient (Wildman–Crippen LogP) is 5.73. The van der Waals surface area contributed by atoms with Crippen LogP contribution in [-0.2, 0) is 17.8 Å². The van der Waals surface area contributed by atoms with Crippen molar-refractivity contribution in [3.63, 3.8) is 0 Å². The molecule has 4 aromatic rings. The molecule has 10 nitrogen and oxygen atoms in total. The summed E-state index contributed by atoms with van der Waals surface area (Å²) >= 11 is 14.1. The Balaban J connectivity index is 1.24. The van der Waals surface area contributed by atoms with E-state index >= 15 is 0 Å². The highest BCUT2D eigenvalue weighted by Crippen LogP contribution is 2.42. The van der Waals surface area contributed by atoms with E-state index in [0.717, 1.165) is 54.9 Å². The van der Waals surface area contributed by atoms with Gasteiger partial charge in [-0.05, 0) is 32.6 Å². The van der Waals surface area contributed by atoms with Crippen molar-refractivity contribution in [3.8, 4) is 45.4 Å². The van der Waals surface area contributed by atoms with Crippen molar-refractivity contribution < 1.29 is 14.3 Å². The molecule has 0 bridgehead atoms. The van der Waals surface area contributed by atoms with E-state index < -0.39 is 0 Å². The van der Waals surface area contributed by atoms with Gasteiger partial charge in [-0.15, -0.1) is 0 Å². The average molecular weight is 663 g/mol. The van der Waals surface area contributed by atoms with Crippen LogP contribution in [0.3, 0.4) is 0 Å². The fourth-order valence-corrected chi connectivity index (χ4v) is 6.89. The molecule has 46 heavy (non-hydrogen) atoms. The molecule has 0 aliphatic carbocycles. The molecule has 2 aromatic heterocycles. The van der Waals surface area contributed by atoms with Crippen LogP contribution in [0.15, 0.2) is 48.8 Å². The van der Waals surface area contributed by atoms with Crippen LogP contribution in [0.5, 0.6) is 11.8 Å². The minimum Gasteiger partial charge on any atom is -0.480 e. The molecule has 0 radical (unpaired) electrons. The summed E-state index contributed by atoms with van der Waals surface area (Å²) in [6.07, 6.45) is 7.37. The Labute approximate surface area is 278 Å². The molecule has 240 valence electrons. The topological polar surface area (TPSA) is 128 Å². The van der Waals surface area contributed by atoms with Crippen LogP contribution >= 0.6 is 23.2 Å². The zero-order valence-corrected chi connectivity index (χ0v) is 27.7. The third-order valence-electron chi connectivity index (χ3n) is 8.44. The van der Waals surface area contributed by atoms with Gasteiger partial charge in [0.1, 0.15) is 11.4 Å². The number of nitrogens with zero attached hydrogens (tertiary/aromatic N) is 5. The minimum absolute atomic E-state index is 0.125. The lowest BCUT2D eigenvalue weighted by Gasteiger charge is -2.45. The zero-order valence-electron chi connectivity index (χ0n) is 26.1. The van der Waals surface area contributed by atoms with E-state index in [-0.39, 0.29) is 17.5 Å². The lowest BCUT2D eigenvalue weighted by molar-refractivity contribution is -0.119. The van der Waals surface area contributed by atoms with Gasteiger partial charge in [0.25, 0.3) is 0 Å². The fourth-order valence-electron chi connectivity index (χ4n) is 6.24. The monoisotopic (exact) mass is 661 g/mol. The summed E-state index contributed by atoms with van der Waals surface area (Å²) in [5.41, 5.74) is 11.6. The van der Waals surface area contributed by atoms with Gasteiger partial charge in [-0.3, -0.25) is 19.7 Å². The number of likely N-dealkylation sites (tertiary alicyclic amines) is 1. The van der Waals surface area contributed by atoms with Crippen LogP contribution in [0.25, 0.3) is 33.6 Å². The highest BCUT2D eigenvalue weighted by Gasteiger charge is 2.35. The van der Waals surface area contributed by atoms with Gasteiger partial charge in [-0.1, -0.05) is 59.6 Å². The number of carbonyl (C=O) groups is 1. The number of rotatable bonds is 11. The maximum atomic E-state index is 11.5. The van der Waals surface area contributed by atoms with Gasteiger partial charge in [-0.25, -0.2) is 9.97 Å². The zero-order chi connectivity index (χ0) is 32.4. The molecule has 1 amide bonds. The third kappa shape index (κ3) is 6.80. The average Bonchev–Trinajstić information content (AvgIpc) is 3.45. The van der Waals surface area contributed by atoms with E-state index in [1.54, 1.807) is 26.6 Å². The first kappa shape index (κ1) is 32.1. The molecule has 4 heterocycles. The molecule has 3 N–H and O–H groups in total. The van der Waals surface area contributed by atoms with Crippen molar-refractivity contribution in [1.82, 2.24) is 30.2 Å². The van der Waals surface area contributed by atoms with Crippen molar-refractivity contribution in [1.29, 1.82) is 0 Å². The number of hydrogen-bond donors (Lipinski definition) is 2. The number of amides is 1.